The van der Waals surface area contributed by atoms with E-state index in [0.717, 1.165) is 0 Å². The zero-order valence-electron chi connectivity index (χ0n) is 16.2. The number of para-hydroxylation sites is 1. The number of rotatable bonds is 5. The second-order valence-electron chi connectivity index (χ2n) is 6.83. The van der Waals surface area contributed by atoms with Crippen LogP contribution in [0.15, 0.2) is 84.0 Å². The maximum atomic E-state index is 12.9. The van der Waals surface area contributed by atoms with Crippen molar-refractivity contribution in [2.75, 3.05) is 26.2 Å². The van der Waals surface area contributed by atoms with Gasteiger partial charge in [-0.05, 0) is 42.5 Å². The van der Waals surface area contributed by atoms with Gasteiger partial charge in [0.05, 0.1) is 0 Å². The van der Waals surface area contributed by atoms with E-state index in [9.17, 15) is 13.2 Å². The Labute approximate surface area is 175 Å². The predicted octanol–water partition coefficient (Wildman–Crippen LogP) is 3.02. The smallest absolute Gasteiger partial charge is 0.254 e. The van der Waals surface area contributed by atoms with Crippen LogP contribution in [-0.2, 0) is 10.0 Å². The lowest BCUT2D eigenvalue weighted by atomic mass is 10.1. The SMILES string of the molecule is O=C(c1cccc(Oc2ccccc2)c1)N1CCN(S(=O)(=O)c2cccnc2)CC1. The molecule has 0 radical (unpaired) electrons. The fourth-order valence-corrected chi connectivity index (χ4v) is 4.67. The molecule has 1 saturated heterocycles. The number of carbonyl (C=O) groups excluding carboxylic acids is 1. The van der Waals surface area contributed by atoms with Gasteiger partial charge in [0, 0.05) is 44.1 Å². The fourth-order valence-electron chi connectivity index (χ4n) is 3.28. The van der Waals surface area contributed by atoms with Gasteiger partial charge in [0.25, 0.3) is 5.91 Å². The summed E-state index contributed by atoms with van der Waals surface area (Å²) in [6.45, 7) is 1.12. The minimum Gasteiger partial charge on any atom is -0.457 e. The molecule has 1 fully saturated rings. The van der Waals surface area contributed by atoms with Gasteiger partial charge in [-0.1, -0.05) is 24.3 Å². The molecule has 0 aliphatic carbocycles. The molecule has 2 aromatic carbocycles. The molecular weight excluding hydrogens is 402 g/mol. The normalized spacial score (nSPS) is 15.0. The number of carbonyl (C=O) groups is 1. The lowest BCUT2D eigenvalue weighted by molar-refractivity contribution is 0.0697. The molecule has 0 N–H and O–H groups in total. The number of ether oxygens (including phenoxy) is 1. The van der Waals surface area contributed by atoms with Crippen LogP contribution in [0.1, 0.15) is 10.4 Å². The third-order valence-corrected chi connectivity index (χ3v) is 6.74. The summed E-state index contributed by atoms with van der Waals surface area (Å²) in [7, 11) is -3.60. The molecule has 2 heterocycles. The van der Waals surface area contributed by atoms with Crippen molar-refractivity contribution in [1.82, 2.24) is 14.2 Å². The first-order chi connectivity index (χ1) is 14.5. The molecule has 3 aromatic rings. The molecule has 154 valence electrons. The highest BCUT2D eigenvalue weighted by Crippen LogP contribution is 2.23. The molecule has 0 bridgehead atoms. The van der Waals surface area contributed by atoms with Gasteiger partial charge in [-0.25, -0.2) is 8.42 Å². The van der Waals surface area contributed by atoms with E-state index >= 15 is 0 Å². The van der Waals surface area contributed by atoms with Gasteiger partial charge in [0.1, 0.15) is 16.4 Å². The fraction of sp³-hybridized carbons (Fsp3) is 0.182. The van der Waals surface area contributed by atoms with E-state index < -0.39 is 10.0 Å². The molecule has 0 saturated carbocycles. The minimum absolute atomic E-state index is 0.146. The molecule has 0 unspecified atom stereocenters. The Morgan fingerprint density at radius 2 is 1.60 bits per heavy atom. The lowest BCUT2D eigenvalue weighted by Crippen LogP contribution is -2.50. The maximum Gasteiger partial charge on any atom is 0.254 e. The third-order valence-electron chi connectivity index (χ3n) is 4.86. The van der Waals surface area contributed by atoms with Gasteiger partial charge in [-0.2, -0.15) is 4.31 Å². The minimum atomic E-state index is -3.60. The zero-order chi connectivity index (χ0) is 21.0. The number of aromatic nitrogens is 1. The number of hydrogen-bond acceptors (Lipinski definition) is 5. The molecule has 4 rings (SSSR count). The molecule has 8 heteroatoms. The largest absolute Gasteiger partial charge is 0.457 e. The average Bonchev–Trinajstić information content (AvgIpc) is 2.80. The number of sulfonamides is 1. The number of amides is 1. The summed E-state index contributed by atoms with van der Waals surface area (Å²) >= 11 is 0. The molecule has 30 heavy (non-hydrogen) atoms. The van der Waals surface area contributed by atoms with Crippen LogP contribution in [0.25, 0.3) is 0 Å². The summed E-state index contributed by atoms with van der Waals surface area (Å²) in [6, 6.07) is 19.5. The van der Waals surface area contributed by atoms with Gasteiger partial charge in [-0.15, -0.1) is 0 Å². The third kappa shape index (κ3) is 4.34. The van der Waals surface area contributed by atoms with E-state index in [1.807, 2.05) is 30.3 Å². The van der Waals surface area contributed by atoms with Crippen molar-refractivity contribution in [3.63, 3.8) is 0 Å². The quantitative estimate of drug-likeness (QED) is 0.630. The van der Waals surface area contributed by atoms with Crippen LogP contribution in [0.2, 0.25) is 0 Å². The van der Waals surface area contributed by atoms with E-state index in [-0.39, 0.29) is 23.9 Å². The van der Waals surface area contributed by atoms with E-state index in [1.165, 1.54) is 22.8 Å². The van der Waals surface area contributed by atoms with Crippen molar-refractivity contribution in [2.24, 2.45) is 0 Å². The highest BCUT2D eigenvalue weighted by molar-refractivity contribution is 7.89. The summed E-state index contributed by atoms with van der Waals surface area (Å²) < 4.78 is 32.6. The summed E-state index contributed by atoms with van der Waals surface area (Å²) in [5.41, 5.74) is 0.506. The van der Waals surface area contributed by atoms with Crippen LogP contribution < -0.4 is 4.74 Å². The van der Waals surface area contributed by atoms with E-state index in [0.29, 0.717) is 30.2 Å². The van der Waals surface area contributed by atoms with Gasteiger partial charge >= 0.3 is 0 Å². The second-order valence-corrected chi connectivity index (χ2v) is 8.77. The van der Waals surface area contributed by atoms with Crippen molar-refractivity contribution < 1.29 is 17.9 Å². The van der Waals surface area contributed by atoms with Crippen molar-refractivity contribution in [2.45, 2.75) is 4.90 Å². The highest BCUT2D eigenvalue weighted by Gasteiger charge is 2.30. The van der Waals surface area contributed by atoms with Crippen LogP contribution in [0.3, 0.4) is 0 Å². The molecule has 1 aliphatic heterocycles. The Morgan fingerprint density at radius 1 is 0.867 bits per heavy atom. The average molecular weight is 423 g/mol. The maximum absolute atomic E-state index is 12.9. The Bertz CT molecular complexity index is 1110. The van der Waals surface area contributed by atoms with Crippen molar-refractivity contribution in [3.8, 4) is 11.5 Å². The van der Waals surface area contributed by atoms with E-state index in [4.69, 9.17) is 4.74 Å². The van der Waals surface area contributed by atoms with Crippen LogP contribution in [0.5, 0.6) is 11.5 Å². The van der Waals surface area contributed by atoms with E-state index in [2.05, 4.69) is 4.98 Å². The first-order valence-corrected chi connectivity index (χ1v) is 11.0. The molecule has 0 spiro atoms. The molecule has 1 amide bonds. The van der Waals surface area contributed by atoms with Gasteiger partial charge in [-0.3, -0.25) is 9.78 Å². The Kier molecular flexibility index (Phi) is 5.78. The molecule has 1 aromatic heterocycles. The lowest BCUT2D eigenvalue weighted by Gasteiger charge is -2.34. The van der Waals surface area contributed by atoms with Gasteiger partial charge in [0.2, 0.25) is 10.0 Å². The number of hydrogen-bond donors (Lipinski definition) is 0. The Morgan fingerprint density at radius 3 is 2.30 bits per heavy atom. The number of nitrogens with zero attached hydrogens (tertiary/aromatic N) is 3. The first-order valence-electron chi connectivity index (χ1n) is 9.56. The van der Waals surface area contributed by atoms with Crippen molar-refractivity contribution in [1.29, 1.82) is 0 Å². The summed E-state index contributed by atoms with van der Waals surface area (Å²) in [4.78, 5) is 18.6. The van der Waals surface area contributed by atoms with Crippen LogP contribution in [0, 0.1) is 0 Å². The van der Waals surface area contributed by atoms with Gasteiger partial charge in [0.15, 0.2) is 0 Å². The second kappa shape index (κ2) is 8.64. The predicted molar refractivity (Wildman–Crippen MR) is 112 cm³/mol. The molecule has 0 atom stereocenters. The Balaban J connectivity index is 1.42. The summed E-state index contributed by atoms with van der Waals surface area (Å²) in [5.74, 6) is 1.12. The number of pyridine rings is 1. The summed E-state index contributed by atoms with van der Waals surface area (Å²) in [5, 5.41) is 0. The standard InChI is InChI=1S/C22H21N3O4S/c26-22(18-6-4-9-20(16-18)29-19-7-2-1-3-8-19)24-12-14-25(15-13-24)30(27,28)21-10-5-11-23-17-21/h1-11,16-17H,12-15H2. The van der Waals surface area contributed by atoms with Crippen LogP contribution in [-0.4, -0.2) is 54.7 Å². The topological polar surface area (TPSA) is 79.8 Å². The zero-order valence-corrected chi connectivity index (χ0v) is 17.0. The monoisotopic (exact) mass is 423 g/mol. The first kappa shape index (κ1) is 20.1. The van der Waals surface area contributed by atoms with Crippen molar-refractivity contribution in [3.05, 3.63) is 84.7 Å². The summed E-state index contributed by atoms with van der Waals surface area (Å²) in [6.07, 6.45) is 2.87. The molecular formula is C22H21N3O4S. The molecule has 7 nitrogen and oxygen atoms in total. The Hall–Kier alpha value is -3.23. The highest BCUT2D eigenvalue weighted by atomic mass is 32.2. The van der Waals surface area contributed by atoms with Crippen LogP contribution in [0.4, 0.5) is 0 Å². The van der Waals surface area contributed by atoms with Gasteiger partial charge < -0.3 is 9.64 Å². The number of benzene rings is 2. The number of piperazine rings is 1. The van der Waals surface area contributed by atoms with Crippen molar-refractivity contribution >= 4 is 15.9 Å². The van der Waals surface area contributed by atoms with Crippen LogP contribution >= 0.6 is 0 Å². The molecule has 1 aliphatic rings. The van der Waals surface area contributed by atoms with E-state index in [1.54, 1.807) is 35.2 Å².